The molecule has 5 nitrogen and oxygen atoms in total. The third-order valence-corrected chi connectivity index (χ3v) is 1.99. The summed E-state index contributed by atoms with van der Waals surface area (Å²) >= 11 is 0. The second kappa shape index (κ2) is 3.26. The van der Waals surface area contributed by atoms with Crippen molar-refractivity contribution in [2.24, 2.45) is 5.14 Å². The number of nitrogens with one attached hydrogen (secondary N) is 1. The summed E-state index contributed by atoms with van der Waals surface area (Å²) in [6.07, 6.45) is 1.47. The van der Waals surface area contributed by atoms with Crippen LogP contribution in [-0.2, 0) is 10.2 Å². The smallest absolute Gasteiger partial charge is 0.275 e. The van der Waals surface area contributed by atoms with Crippen molar-refractivity contribution in [2.75, 3.05) is 0 Å². The molecule has 1 rings (SSSR count). The lowest BCUT2D eigenvalue weighted by Crippen LogP contribution is -2.32. The van der Waals surface area contributed by atoms with Crippen LogP contribution in [0.1, 0.15) is 18.7 Å². The lowest BCUT2D eigenvalue weighted by molar-refractivity contribution is 0.459. The van der Waals surface area contributed by atoms with Gasteiger partial charge in [0.2, 0.25) is 0 Å². The van der Waals surface area contributed by atoms with Gasteiger partial charge in [-0.1, -0.05) is 0 Å². The molecule has 0 spiro atoms. The SMILES string of the molecule is CC(NS(N)(=O)=O)c1ccco1. The van der Waals surface area contributed by atoms with Crippen molar-refractivity contribution in [3.63, 3.8) is 0 Å². The van der Waals surface area contributed by atoms with Gasteiger partial charge in [0, 0.05) is 0 Å². The lowest BCUT2D eigenvalue weighted by Gasteiger charge is -2.07. The molecule has 12 heavy (non-hydrogen) atoms. The Labute approximate surface area is 70.7 Å². The predicted molar refractivity (Wildman–Crippen MR) is 43.4 cm³/mol. The Morgan fingerprint density at radius 3 is 2.75 bits per heavy atom. The number of hydrogen-bond acceptors (Lipinski definition) is 3. The second-order valence-corrected chi connectivity index (χ2v) is 3.73. The summed E-state index contributed by atoms with van der Waals surface area (Å²) in [5.74, 6) is 0.532. The van der Waals surface area contributed by atoms with E-state index in [9.17, 15) is 8.42 Å². The average molecular weight is 190 g/mol. The maximum atomic E-state index is 10.6. The highest BCUT2D eigenvalue weighted by atomic mass is 32.2. The summed E-state index contributed by atoms with van der Waals surface area (Å²) in [6, 6.07) is 2.91. The molecule has 1 heterocycles. The predicted octanol–water partition coefficient (Wildman–Crippen LogP) is 0.134. The van der Waals surface area contributed by atoms with Crippen molar-refractivity contribution < 1.29 is 12.8 Å². The largest absolute Gasteiger partial charge is 0.468 e. The monoisotopic (exact) mass is 190 g/mol. The van der Waals surface area contributed by atoms with Crippen LogP contribution in [0.25, 0.3) is 0 Å². The van der Waals surface area contributed by atoms with Gasteiger partial charge in [-0.2, -0.15) is 13.1 Å². The molecular weight excluding hydrogens is 180 g/mol. The fourth-order valence-electron chi connectivity index (χ4n) is 0.842. The van der Waals surface area contributed by atoms with Crippen LogP contribution in [0, 0.1) is 0 Å². The maximum absolute atomic E-state index is 10.6. The van der Waals surface area contributed by atoms with Gasteiger partial charge in [0.05, 0.1) is 12.3 Å². The van der Waals surface area contributed by atoms with Gasteiger partial charge in [-0.05, 0) is 19.1 Å². The van der Waals surface area contributed by atoms with E-state index in [2.05, 4.69) is 4.72 Å². The van der Waals surface area contributed by atoms with Crippen molar-refractivity contribution in [3.8, 4) is 0 Å². The van der Waals surface area contributed by atoms with Crippen molar-refractivity contribution in [2.45, 2.75) is 13.0 Å². The highest BCUT2D eigenvalue weighted by Crippen LogP contribution is 2.11. The lowest BCUT2D eigenvalue weighted by atomic mass is 10.3. The van der Waals surface area contributed by atoms with E-state index in [1.165, 1.54) is 6.26 Å². The zero-order valence-electron chi connectivity index (χ0n) is 6.52. The highest BCUT2D eigenvalue weighted by molar-refractivity contribution is 7.87. The molecule has 3 N–H and O–H groups in total. The Bertz CT molecular complexity index is 330. The minimum Gasteiger partial charge on any atom is -0.468 e. The van der Waals surface area contributed by atoms with Crippen LogP contribution >= 0.6 is 0 Å². The van der Waals surface area contributed by atoms with E-state index in [0.717, 1.165) is 0 Å². The van der Waals surface area contributed by atoms with Gasteiger partial charge in [-0.3, -0.25) is 0 Å². The minimum absolute atomic E-state index is 0.435. The van der Waals surface area contributed by atoms with Gasteiger partial charge in [0.15, 0.2) is 0 Å². The summed E-state index contributed by atoms with van der Waals surface area (Å²) in [5.41, 5.74) is 0. The maximum Gasteiger partial charge on any atom is 0.275 e. The van der Waals surface area contributed by atoms with Gasteiger partial charge < -0.3 is 4.42 Å². The molecule has 1 unspecified atom stereocenters. The first-order valence-corrected chi connectivity index (χ1v) is 4.87. The zero-order valence-corrected chi connectivity index (χ0v) is 7.34. The first-order chi connectivity index (χ1) is 5.49. The van der Waals surface area contributed by atoms with Gasteiger partial charge in [0.25, 0.3) is 10.2 Å². The number of hydrogen-bond donors (Lipinski definition) is 2. The topological polar surface area (TPSA) is 85.3 Å². The molecule has 0 aromatic carbocycles. The normalized spacial score (nSPS) is 14.5. The molecule has 0 aliphatic rings. The van der Waals surface area contributed by atoms with Crippen LogP contribution in [-0.4, -0.2) is 8.42 Å². The van der Waals surface area contributed by atoms with E-state index in [-0.39, 0.29) is 0 Å². The summed E-state index contributed by atoms with van der Waals surface area (Å²) in [4.78, 5) is 0. The Hall–Kier alpha value is -0.850. The van der Waals surface area contributed by atoms with E-state index < -0.39 is 16.3 Å². The molecule has 0 bridgehead atoms. The van der Waals surface area contributed by atoms with Crippen molar-refractivity contribution in [1.82, 2.24) is 4.72 Å². The van der Waals surface area contributed by atoms with Gasteiger partial charge in [-0.25, -0.2) is 5.14 Å². The minimum atomic E-state index is -3.66. The van der Waals surface area contributed by atoms with Crippen LogP contribution in [0.3, 0.4) is 0 Å². The number of furan rings is 1. The van der Waals surface area contributed by atoms with Gasteiger partial charge >= 0.3 is 0 Å². The van der Waals surface area contributed by atoms with E-state index in [1.807, 2.05) is 0 Å². The van der Waals surface area contributed by atoms with Crippen molar-refractivity contribution in [1.29, 1.82) is 0 Å². The summed E-state index contributed by atoms with van der Waals surface area (Å²) in [5, 5.41) is 4.76. The van der Waals surface area contributed by atoms with Crippen LogP contribution in [0.15, 0.2) is 22.8 Å². The Balaban J connectivity index is 2.68. The molecule has 0 saturated carbocycles. The van der Waals surface area contributed by atoms with Crippen molar-refractivity contribution >= 4 is 10.2 Å². The van der Waals surface area contributed by atoms with E-state index in [0.29, 0.717) is 5.76 Å². The van der Waals surface area contributed by atoms with E-state index in [4.69, 9.17) is 9.56 Å². The molecule has 0 aliphatic heterocycles. The Kier molecular flexibility index (Phi) is 2.51. The number of rotatable bonds is 3. The van der Waals surface area contributed by atoms with Crippen molar-refractivity contribution in [3.05, 3.63) is 24.2 Å². The third-order valence-electron chi connectivity index (χ3n) is 1.31. The zero-order chi connectivity index (χ0) is 9.19. The standard InChI is InChI=1S/C6H10N2O3S/c1-5(8-12(7,9)10)6-3-2-4-11-6/h2-5,8H,1H3,(H2,7,9,10). The molecule has 0 fully saturated rings. The molecule has 0 radical (unpaired) electrons. The second-order valence-electron chi connectivity index (χ2n) is 2.40. The number of nitrogens with two attached hydrogens (primary N) is 1. The quantitative estimate of drug-likeness (QED) is 0.710. The third kappa shape index (κ3) is 2.65. The molecular formula is C6H10N2O3S. The fraction of sp³-hybridized carbons (Fsp3) is 0.333. The summed E-state index contributed by atoms with van der Waals surface area (Å²) < 4.78 is 28.3. The van der Waals surface area contributed by atoms with Crippen LogP contribution in [0.2, 0.25) is 0 Å². The molecule has 0 amide bonds. The molecule has 0 saturated heterocycles. The molecule has 6 heteroatoms. The molecule has 68 valence electrons. The molecule has 1 aromatic rings. The first-order valence-electron chi connectivity index (χ1n) is 3.32. The van der Waals surface area contributed by atoms with Crippen LogP contribution in [0.4, 0.5) is 0 Å². The Morgan fingerprint density at radius 1 is 1.67 bits per heavy atom. The van der Waals surface area contributed by atoms with E-state index >= 15 is 0 Å². The highest BCUT2D eigenvalue weighted by Gasteiger charge is 2.12. The van der Waals surface area contributed by atoms with Crippen LogP contribution in [0.5, 0.6) is 0 Å². The van der Waals surface area contributed by atoms with Crippen LogP contribution < -0.4 is 9.86 Å². The first kappa shape index (κ1) is 9.24. The average Bonchev–Trinajstić information content (AvgIpc) is 2.32. The van der Waals surface area contributed by atoms with Gasteiger partial charge in [-0.15, -0.1) is 0 Å². The molecule has 1 atom stereocenters. The molecule has 0 aliphatic carbocycles. The Morgan fingerprint density at radius 2 is 2.33 bits per heavy atom. The van der Waals surface area contributed by atoms with Gasteiger partial charge in [0.1, 0.15) is 5.76 Å². The van der Waals surface area contributed by atoms with E-state index in [1.54, 1.807) is 19.1 Å². The summed E-state index contributed by atoms with van der Waals surface area (Å²) in [6.45, 7) is 1.64. The fourth-order valence-corrected chi connectivity index (χ4v) is 1.45. The summed E-state index contributed by atoms with van der Waals surface area (Å²) in [7, 11) is -3.66. The molecule has 1 aromatic heterocycles.